The summed E-state index contributed by atoms with van der Waals surface area (Å²) in [4.78, 5) is 43.6. The van der Waals surface area contributed by atoms with Crippen LogP contribution in [-0.4, -0.2) is 71.3 Å². The number of H-pyrrole nitrogens is 1. The third-order valence-electron chi connectivity index (χ3n) is 5.45. The zero-order chi connectivity index (χ0) is 24.5. The van der Waals surface area contributed by atoms with Gasteiger partial charge in [-0.25, -0.2) is 4.39 Å². The van der Waals surface area contributed by atoms with Crippen molar-refractivity contribution in [2.45, 2.75) is 6.18 Å². The number of fused-ring (bicyclic) bond motifs is 1. The summed E-state index contributed by atoms with van der Waals surface area (Å²) in [5.74, 6) is -3.28. The van der Waals surface area contributed by atoms with Gasteiger partial charge in [0.25, 0.3) is 17.6 Å². The molecule has 2 heterocycles. The Kier molecular flexibility index (Phi) is 6.27. The lowest BCUT2D eigenvalue weighted by molar-refractivity contribution is -0.153. The Morgan fingerprint density at radius 2 is 1.59 bits per heavy atom. The van der Waals surface area contributed by atoms with E-state index in [0.29, 0.717) is 5.56 Å². The van der Waals surface area contributed by atoms with E-state index in [9.17, 15) is 31.9 Å². The van der Waals surface area contributed by atoms with Gasteiger partial charge in [0.2, 0.25) is 0 Å². The number of alkyl halides is 3. The number of benzene rings is 2. The van der Waals surface area contributed by atoms with Crippen molar-refractivity contribution >= 4 is 28.5 Å². The maximum Gasteiger partial charge on any atom is 0.422 e. The van der Waals surface area contributed by atoms with E-state index in [0.717, 1.165) is 18.3 Å². The molecule has 0 bridgehead atoms. The van der Waals surface area contributed by atoms with Crippen LogP contribution in [0.25, 0.3) is 10.9 Å². The first-order valence-corrected chi connectivity index (χ1v) is 10.3. The molecule has 1 fully saturated rings. The number of rotatable bonds is 5. The van der Waals surface area contributed by atoms with Gasteiger partial charge in [0, 0.05) is 37.9 Å². The lowest BCUT2D eigenvalue weighted by Gasteiger charge is -2.34. The molecule has 0 atom stereocenters. The molecule has 0 aliphatic carbocycles. The molecule has 11 heteroatoms. The molecule has 2 aromatic carbocycles. The molecule has 0 saturated carbocycles. The van der Waals surface area contributed by atoms with E-state index in [1.165, 1.54) is 4.90 Å². The maximum absolute atomic E-state index is 14.5. The average molecular weight is 477 g/mol. The molecule has 3 aromatic rings. The first kappa shape index (κ1) is 23.3. The summed E-state index contributed by atoms with van der Waals surface area (Å²) < 4.78 is 56.7. The van der Waals surface area contributed by atoms with Gasteiger partial charge in [0.05, 0.1) is 16.5 Å². The number of aromatic amines is 1. The lowest BCUT2D eigenvalue weighted by Crippen LogP contribution is -2.52. The molecule has 1 aliphatic rings. The van der Waals surface area contributed by atoms with Crippen molar-refractivity contribution in [2.75, 3.05) is 32.8 Å². The topological polar surface area (TPSA) is 82.7 Å². The van der Waals surface area contributed by atoms with Gasteiger partial charge >= 0.3 is 6.18 Å². The van der Waals surface area contributed by atoms with E-state index in [2.05, 4.69) is 4.98 Å². The van der Waals surface area contributed by atoms with Crippen LogP contribution in [0.3, 0.4) is 0 Å². The Morgan fingerprint density at radius 1 is 0.941 bits per heavy atom. The van der Waals surface area contributed by atoms with Gasteiger partial charge < -0.3 is 19.5 Å². The molecule has 7 nitrogen and oxygen atoms in total. The summed E-state index contributed by atoms with van der Waals surface area (Å²) in [7, 11) is 0. The Bertz CT molecular complexity index is 1230. The summed E-state index contributed by atoms with van der Waals surface area (Å²) >= 11 is 0. The molecule has 1 N–H and O–H groups in total. The van der Waals surface area contributed by atoms with Crippen LogP contribution in [0.15, 0.2) is 48.7 Å². The number of Topliss-reactive ketones (excluding diaryl/α,β-unsaturated/α-hetero) is 1. The third-order valence-corrected chi connectivity index (χ3v) is 5.45. The maximum atomic E-state index is 14.5. The Morgan fingerprint density at radius 3 is 2.24 bits per heavy atom. The van der Waals surface area contributed by atoms with Crippen molar-refractivity contribution in [3.8, 4) is 5.75 Å². The van der Waals surface area contributed by atoms with E-state index < -0.39 is 30.3 Å². The predicted molar refractivity (Wildman–Crippen MR) is 113 cm³/mol. The smallest absolute Gasteiger partial charge is 0.422 e. The predicted octanol–water partition coefficient (Wildman–Crippen LogP) is 3.42. The third kappa shape index (κ3) is 4.73. The number of halogens is 4. The molecule has 1 aliphatic heterocycles. The zero-order valence-electron chi connectivity index (χ0n) is 17.7. The second-order valence-corrected chi connectivity index (χ2v) is 7.68. The van der Waals surface area contributed by atoms with Crippen molar-refractivity contribution in [1.82, 2.24) is 14.8 Å². The van der Waals surface area contributed by atoms with E-state index in [4.69, 9.17) is 4.74 Å². The largest absolute Gasteiger partial charge is 0.482 e. The monoisotopic (exact) mass is 477 g/mol. The van der Waals surface area contributed by atoms with Crippen LogP contribution >= 0.6 is 0 Å². The minimum absolute atomic E-state index is 0.105. The van der Waals surface area contributed by atoms with Gasteiger partial charge in [-0.15, -0.1) is 0 Å². The number of piperazine rings is 1. The van der Waals surface area contributed by atoms with E-state index in [1.54, 1.807) is 35.2 Å². The standard InChI is InChI=1S/C23H19F4N3O4/c24-16-6-7-17(34-13-23(25,26)27)19-18(16)15(12-28-19)20(31)22(33)30-10-8-29(9-11-30)21(32)14-4-2-1-3-5-14/h1-7,12,28H,8-11,13H2. The molecule has 2 amide bonds. The second-order valence-electron chi connectivity index (χ2n) is 7.68. The summed E-state index contributed by atoms with van der Waals surface area (Å²) in [6.07, 6.45) is -3.53. The average Bonchev–Trinajstić information content (AvgIpc) is 3.28. The van der Waals surface area contributed by atoms with Crippen LogP contribution in [-0.2, 0) is 4.79 Å². The number of hydrogen-bond acceptors (Lipinski definition) is 4. The van der Waals surface area contributed by atoms with Crippen molar-refractivity contribution in [3.63, 3.8) is 0 Å². The van der Waals surface area contributed by atoms with Crippen LogP contribution in [0, 0.1) is 5.82 Å². The number of amides is 2. The molecule has 0 radical (unpaired) electrons. The second kappa shape index (κ2) is 9.16. The molecule has 1 saturated heterocycles. The summed E-state index contributed by atoms with van der Waals surface area (Å²) in [5.41, 5.74) is 0.0487. The summed E-state index contributed by atoms with van der Waals surface area (Å²) in [5, 5.41) is -0.323. The van der Waals surface area contributed by atoms with Gasteiger partial charge in [0.1, 0.15) is 11.6 Å². The van der Waals surface area contributed by atoms with Crippen molar-refractivity contribution < 1.29 is 36.7 Å². The van der Waals surface area contributed by atoms with Crippen LogP contribution in [0.4, 0.5) is 17.6 Å². The number of ketones is 1. The first-order chi connectivity index (χ1) is 16.2. The molecule has 34 heavy (non-hydrogen) atoms. The number of nitrogens with one attached hydrogen (secondary N) is 1. The van der Waals surface area contributed by atoms with Gasteiger partial charge in [0.15, 0.2) is 6.61 Å². The van der Waals surface area contributed by atoms with Crippen molar-refractivity contribution in [1.29, 1.82) is 0 Å². The minimum Gasteiger partial charge on any atom is -0.482 e. The van der Waals surface area contributed by atoms with Gasteiger partial charge in [-0.1, -0.05) is 18.2 Å². The van der Waals surface area contributed by atoms with E-state index in [1.807, 2.05) is 0 Å². The number of hydrogen-bond donors (Lipinski definition) is 1. The fraction of sp³-hybridized carbons (Fsp3) is 0.261. The fourth-order valence-electron chi connectivity index (χ4n) is 3.77. The number of carbonyl (C=O) groups excluding carboxylic acids is 3. The molecule has 178 valence electrons. The summed E-state index contributed by atoms with van der Waals surface area (Å²) in [6.45, 7) is -0.961. The van der Waals surface area contributed by atoms with Gasteiger partial charge in [-0.05, 0) is 24.3 Å². The zero-order valence-corrected chi connectivity index (χ0v) is 17.7. The van der Waals surface area contributed by atoms with Crippen LogP contribution in [0.1, 0.15) is 20.7 Å². The molecule has 0 unspecified atom stereocenters. The number of carbonyl (C=O) groups is 3. The Balaban J connectivity index is 1.47. The van der Waals surface area contributed by atoms with Crippen LogP contribution < -0.4 is 4.74 Å². The highest BCUT2D eigenvalue weighted by Gasteiger charge is 2.32. The summed E-state index contributed by atoms with van der Waals surface area (Å²) in [6, 6.07) is 10.5. The van der Waals surface area contributed by atoms with Crippen LogP contribution in [0.2, 0.25) is 0 Å². The van der Waals surface area contributed by atoms with Crippen LogP contribution in [0.5, 0.6) is 5.75 Å². The fourth-order valence-corrected chi connectivity index (χ4v) is 3.77. The van der Waals surface area contributed by atoms with Crippen molar-refractivity contribution in [3.05, 3.63) is 65.6 Å². The number of aromatic nitrogens is 1. The minimum atomic E-state index is -4.61. The number of nitrogens with zero attached hydrogens (tertiary/aromatic N) is 2. The lowest BCUT2D eigenvalue weighted by atomic mass is 10.1. The van der Waals surface area contributed by atoms with E-state index >= 15 is 0 Å². The molecule has 4 rings (SSSR count). The Hall–Kier alpha value is -3.89. The Labute approximate surface area is 190 Å². The SMILES string of the molecule is O=C(C(=O)N1CCN(C(=O)c2ccccc2)CC1)c1c[nH]c2c(OCC(F)(F)F)ccc(F)c12. The van der Waals surface area contributed by atoms with Gasteiger partial charge in [-0.3, -0.25) is 14.4 Å². The highest BCUT2D eigenvalue weighted by atomic mass is 19.4. The van der Waals surface area contributed by atoms with Crippen molar-refractivity contribution in [2.24, 2.45) is 0 Å². The quantitative estimate of drug-likeness (QED) is 0.347. The van der Waals surface area contributed by atoms with E-state index in [-0.39, 0.29) is 54.3 Å². The molecular formula is C23H19F4N3O4. The van der Waals surface area contributed by atoms with Gasteiger partial charge in [-0.2, -0.15) is 13.2 Å². The first-order valence-electron chi connectivity index (χ1n) is 10.3. The molecular weight excluding hydrogens is 458 g/mol. The molecule has 0 spiro atoms. The highest BCUT2D eigenvalue weighted by molar-refractivity contribution is 6.45. The highest BCUT2D eigenvalue weighted by Crippen LogP contribution is 2.31. The molecule has 1 aromatic heterocycles. The normalized spacial score (nSPS) is 14.4. The number of ether oxygens (including phenoxy) is 1.